The van der Waals surface area contributed by atoms with Crippen molar-refractivity contribution in [3.63, 3.8) is 0 Å². The number of benzene rings is 1. The first-order chi connectivity index (χ1) is 9.52. The first-order valence-corrected chi connectivity index (χ1v) is 7.19. The van der Waals surface area contributed by atoms with Gasteiger partial charge in [0, 0.05) is 13.0 Å². The van der Waals surface area contributed by atoms with Crippen LogP contribution < -0.4 is 15.4 Å². The molecule has 0 aromatic heterocycles. The Bertz CT molecular complexity index is 407. The maximum Gasteiger partial charge on any atom is 0.221 e. The minimum absolute atomic E-state index is 0. The summed E-state index contributed by atoms with van der Waals surface area (Å²) in [5.74, 6) is 1.45. The van der Waals surface area contributed by atoms with E-state index in [1.165, 1.54) is 0 Å². The van der Waals surface area contributed by atoms with Gasteiger partial charge in [0.15, 0.2) is 0 Å². The number of amides is 1. The van der Waals surface area contributed by atoms with Crippen LogP contribution in [0.1, 0.15) is 38.8 Å². The van der Waals surface area contributed by atoms with Gasteiger partial charge in [0.05, 0.1) is 12.6 Å². The third-order valence-electron chi connectivity index (χ3n) is 2.94. The van der Waals surface area contributed by atoms with Crippen molar-refractivity contribution in [2.24, 2.45) is 5.92 Å². The largest absolute Gasteiger partial charge is 0.493 e. The standard InChI is InChI=1S/C16H26N2O2.ClH/c1-12(2)11-20-15-7-5-14(6-8-15)13(3)18-16(19)9-10-17-4;/h5-8,12-13,17H,9-11H2,1-4H3,(H,18,19);1H. The molecule has 5 heteroatoms. The van der Waals surface area contributed by atoms with Crippen molar-refractivity contribution < 1.29 is 9.53 Å². The van der Waals surface area contributed by atoms with Crippen molar-refractivity contribution in [2.45, 2.75) is 33.2 Å². The molecule has 120 valence electrons. The first kappa shape index (κ1) is 19.7. The SMILES string of the molecule is CNCCC(=O)NC(C)c1ccc(OCC(C)C)cc1.Cl. The van der Waals surface area contributed by atoms with Crippen LogP contribution in [0, 0.1) is 5.92 Å². The molecular weight excluding hydrogens is 288 g/mol. The van der Waals surface area contributed by atoms with Gasteiger partial charge >= 0.3 is 0 Å². The molecule has 0 aliphatic heterocycles. The van der Waals surface area contributed by atoms with Gasteiger partial charge in [-0.15, -0.1) is 12.4 Å². The molecule has 2 N–H and O–H groups in total. The molecule has 0 saturated heterocycles. The van der Waals surface area contributed by atoms with Gasteiger partial charge in [0.1, 0.15) is 5.75 Å². The minimum atomic E-state index is 0. The van der Waals surface area contributed by atoms with E-state index < -0.39 is 0 Å². The van der Waals surface area contributed by atoms with Gasteiger partial charge in [-0.05, 0) is 37.6 Å². The van der Waals surface area contributed by atoms with Crippen LogP contribution in [0.4, 0.5) is 0 Å². The molecule has 1 atom stereocenters. The Morgan fingerprint density at radius 2 is 1.81 bits per heavy atom. The van der Waals surface area contributed by atoms with Gasteiger partial charge in [0.25, 0.3) is 0 Å². The minimum Gasteiger partial charge on any atom is -0.493 e. The summed E-state index contributed by atoms with van der Waals surface area (Å²) >= 11 is 0. The quantitative estimate of drug-likeness (QED) is 0.775. The lowest BCUT2D eigenvalue weighted by molar-refractivity contribution is -0.121. The van der Waals surface area contributed by atoms with E-state index >= 15 is 0 Å². The molecule has 21 heavy (non-hydrogen) atoms. The number of hydrogen-bond acceptors (Lipinski definition) is 3. The second-order valence-corrected chi connectivity index (χ2v) is 5.42. The number of carbonyl (C=O) groups excluding carboxylic acids is 1. The van der Waals surface area contributed by atoms with E-state index in [0.717, 1.165) is 17.9 Å². The van der Waals surface area contributed by atoms with E-state index in [1.54, 1.807) is 0 Å². The number of carbonyl (C=O) groups is 1. The summed E-state index contributed by atoms with van der Waals surface area (Å²) in [5.41, 5.74) is 1.08. The summed E-state index contributed by atoms with van der Waals surface area (Å²) < 4.78 is 5.64. The van der Waals surface area contributed by atoms with Gasteiger partial charge in [-0.25, -0.2) is 0 Å². The molecule has 0 aliphatic rings. The zero-order chi connectivity index (χ0) is 15.0. The zero-order valence-corrected chi connectivity index (χ0v) is 14.1. The number of hydrogen-bond donors (Lipinski definition) is 2. The van der Waals surface area contributed by atoms with E-state index in [-0.39, 0.29) is 24.4 Å². The average molecular weight is 315 g/mol. The molecule has 1 rings (SSSR count). The molecule has 0 heterocycles. The van der Waals surface area contributed by atoms with Gasteiger partial charge in [-0.3, -0.25) is 4.79 Å². The molecule has 0 fully saturated rings. The molecule has 1 amide bonds. The van der Waals surface area contributed by atoms with E-state index in [0.29, 0.717) is 18.9 Å². The molecule has 1 aromatic rings. The smallest absolute Gasteiger partial charge is 0.221 e. The molecule has 0 saturated carbocycles. The molecule has 4 nitrogen and oxygen atoms in total. The fraction of sp³-hybridized carbons (Fsp3) is 0.562. The molecule has 0 spiro atoms. The molecule has 0 bridgehead atoms. The zero-order valence-electron chi connectivity index (χ0n) is 13.3. The number of ether oxygens (including phenoxy) is 1. The maximum atomic E-state index is 11.7. The average Bonchev–Trinajstić information content (AvgIpc) is 2.43. The Morgan fingerprint density at radius 1 is 1.19 bits per heavy atom. The third kappa shape index (κ3) is 7.93. The van der Waals surface area contributed by atoms with Gasteiger partial charge < -0.3 is 15.4 Å². The van der Waals surface area contributed by atoms with Crippen molar-refractivity contribution in [2.75, 3.05) is 20.2 Å². The first-order valence-electron chi connectivity index (χ1n) is 7.19. The predicted molar refractivity (Wildman–Crippen MR) is 89.1 cm³/mol. The number of nitrogens with one attached hydrogen (secondary N) is 2. The van der Waals surface area contributed by atoms with Crippen molar-refractivity contribution in [1.82, 2.24) is 10.6 Å². The van der Waals surface area contributed by atoms with E-state index in [4.69, 9.17) is 4.74 Å². The van der Waals surface area contributed by atoms with Gasteiger partial charge in [-0.2, -0.15) is 0 Å². The summed E-state index contributed by atoms with van der Waals surface area (Å²) in [6.45, 7) is 7.64. The molecule has 0 radical (unpaired) electrons. The summed E-state index contributed by atoms with van der Waals surface area (Å²) in [7, 11) is 1.84. The Kier molecular flexibility index (Phi) is 9.84. The highest BCUT2D eigenvalue weighted by Gasteiger charge is 2.09. The normalized spacial score (nSPS) is 11.7. The second-order valence-electron chi connectivity index (χ2n) is 5.42. The van der Waals surface area contributed by atoms with Crippen molar-refractivity contribution in [1.29, 1.82) is 0 Å². The monoisotopic (exact) mass is 314 g/mol. The van der Waals surface area contributed by atoms with Crippen LogP contribution in [0.15, 0.2) is 24.3 Å². The van der Waals surface area contributed by atoms with Crippen molar-refractivity contribution in [3.05, 3.63) is 29.8 Å². The second kappa shape index (κ2) is 10.5. The summed E-state index contributed by atoms with van der Waals surface area (Å²) in [5, 5.41) is 5.95. The maximum absolute atomic E-state index is 11.7. The molecule has 0 aliphatic carbocycles. The van der Waals surface area contributed by atoms with Crippen LogP contribution in [0.3, 0.4) is 0 Å². The van der Waals surface area contributed by atoms with Crippen molar-refractivity contribution in [3.8, 4) is 5.75 Å². The lowest BCUT2D eigenvalue weighted by Gasteiger charge is -2.15. The van der Waals surface area contributed by atoms with Crippen LogP contribution in [-0.4, -0.2) is 26.1 Å². The Labute approximate surface area is 134 Å². The third-order valence-corrected chi connectivity index (χ3v) is 2.94. The highest BCUT2D eigenvalue weighted by Crippen LogP contribution is 2.18. The van der Waals surface area contributed by atoms with E-state index in [2.05, 4.69) is 24.5 Å². The van der Waals surface area contributed by atoms with Crippen LogP contribution >= 0.6 is 12.4 Å². The highest BCUT2D eigenvalue weighted by molar-refractivity contribution is 5.85. The van der Waals surface area contributed by atoms with Crippen LogP contribution in [0.25, 0.3) is 0 Å². The van der Waals surface area contributed by atoms with Crippen molar-refractivity contribution >= 4 is 18.3 Å². The lowest BCUT2D eigenvalue weighted by atomic mass is 10.1. The van der Waals surface area contributed by atoms with Gasteiger partial charge in [-0.1, -0.05) is 26.0 Å². The Hall–Kier alpha value is -1.26. The summed E-state index contributed by atoms with van der Waals surface area (Å²) in [4.78, 5) is 11.7. The van der Waals surface area contributed by atoms with Crippen LogP contribution in [0.2, 0.25) is 0 Å². The van der Waals surface area contributed by atoms with Crippen LogP contribution in [0.5, 0.6) is 5.75 Å². The van der Waals surface area contributed by atoms with E-state index in [1.807, 2.05) is 38.2 Å². The summed E-state index contributed by atoms with van der Waals surface area (Å²) in [6, 6.07) is 7.91. The van der Waals surface area contributed by atoms with E-state index in [9.17, 15) is 4.79 Å². The number of rotatable bonds is 8. The Morgan fingerprint density at radius 3 is 2.33 bits per heavy atom. The predicted octanol–water partition coefficient (Wildman–Crippen LogP) is 2.93. The molecule has 1 unspecified atom stereocenters. The topological polar surface area (TPSA) is 50.4 Å². The summed E-state index contributed by atoms with van der Waals surface area (Å²) in [6.07, 6.45) is 0.496. The highest BCUT2D eigenvalue weighted by atomic mass is 35.5. The fourth-order valence-electron chi connectivity index (χ4n) is 1.75. The van der Waals surface area contributed by atoms with Gasteiger partial charge in [0.2, 0.25) is 5.91 Å². The fourth-order valence-corrected chi connectivity index (χ4v) is 1.75. The van der Waals surface area contributed by atoms with Crippen LogP contribution in [-0.2, 0) is 4.79 Å². The number of halogens is 1. The molecule has 1 aromatic carbocycles. The lowest BCUT2D eigenvalue weighted by Crippen LogP contribution is -2.29. The molecular formula is C16H27ClN2O2. The Balaban J connectivity index is 0.00000400.